The fourth-order valence-electron chi connectivity index (χ4n) is 1.70. The van der Waals surface area contributed by atoms with Crippen LogP contribution in [0, 0.1) is 0 Å². The van der Waals surface area contributed by atoms with Crippen LogP contribution in [0.4, 0.5) is 0 Å². The van der Waals surface area contributed by atoms with Crippen molar-refractivity contribution in [2.45, 2.75) is 0 Å². The van der Waals surface area contributed by atoms with Crippen molar-refractivity contribution in [1.29, 1.82) is 0 Å². The molecular formula is C21H15CrN2O6. The molecule has 3 rings (SSSR count). The summed E-state index contributed by atoms with van der Waals surface area (Å²) in [6, 6.07) is 15.2. The van der Waals surface area contributed by atoms with Gasteiger partial charge < -0.3 is 29.7 Å². The van der Waals surface area contributed by atoms with Gasteiger partial charge in [0.1, 0.15) is 0 Å². The van der Waals surface area contributed by atoms with Gasteiger partial charge in [-0.2, -0.15) is 0 Å². The normalized spacial score (nSPS) is 9.07. The van der Waals surface area contributed by atoms with Crippen LogP contribution in [-0.4, -0.2) is 27.9 Å². The molecule has 0 spiro atoms. The largest absolute Gasteiger partial charge is 3.00 e. The number of carbonyl (C=O) groups excluding carboxylic acids is 3. The zero-order valence-electron chi connectivity index (χ0n) is 15.4. The summed E-state index contributed by atoms with van der Waals surface area (Å²) in [5, 5.41) is 30.1. The van der Waals surface area contributed by atoms with E-state index in [4.69, 9.17) is 0 Å². The van der Waals surface area contributed by atoms with Crippen LogP contribution in [0.25, 0.3) is 6.08 Å². The Balaban J connectivity index is 0.000000416. The summed E-state index contributed by atoms with van der Waals surface area (Å²) in [5.41, 5.74) is 1.08. The Hall–Kier alpha value is -3.80. The van der Waals surface area contributed by atoms with Crippen LogP contribution >= 0.6 is 0 Å². The van der Waals surface area contributed by atoms with Crippen LogP contribution in [0.1, 0.15) is 26.3 Å². The molecule has 0 saturated heterocycles. The van der Waals surface area contributed by atoms with Crippen molar-refractivity contribution in [3.05, 3.63) is 102 Å². The summed E-state index contributed by atoms with van der Waals surface area (Å²) >= 11 is 0. The fourth-order valence-corrected chi connectivity index (χ4v) is 1.70. The number of carbonyl (C=O) groups is 3. The number of aliphatic carboxylic acids is 1. The molecule has 0 amide bonds. The molecular weight excluding hydrogens is 428 g/mol. The molecule has 8 nitrogen and oxygen atoms in total. The quantitative estimate of drug-likeness (QED) is 0.483. The zero-order chi connectivity index (χ0) is 21.5. The summed E-state index contributed by atoms with van der Waals surface area (Å²) in [6.45, 7) is 0. The third-order valence-corrected chi connectivity index (χ3v) is 3.01. The zero-order valence-corrected chi connectivity index (χ0v) is 16.7. The predicted molar refractivity (Wildman–Crippen MR) is 97.6 cm³/mol. The summed E-state index contributed by atoms with van der Waals surface area (Å²) in [6.07, 6.45) is 8.01. The molecule has 30 heavy (non-hydrogen) atoms. The maximum absolute atomic E-state index is 10.0. The number of carboxylic acid groups (broad SMARTS) is 3. The molecule has 0 aliphatic carbocycles. The summed E-state index contributed by atoms with van der Waals surface area (Å²) in [4.78, 5) is 37.2. The molecule has 0 unspecified atom stereocenters. The van der Waals surface area contributed by atoms with Crippen LogP contribution in [0.15, 0.2) is 85.5 Å². The van der Waals surface area contributed by atoms with Crippen molar-refractivity contribution in [3.8, 4) is 0 Å². The van der Waals surface area contributed by atoms with Crippen LogP contribution < -0.4 is 15.3 Å². The van der Waals surface area contributed by atoms with Crippen molar-refractivity contribution in [2.24, 2.45) is 0 Å². The van der Waals surface area contributed by atoms with E-state index in [1.807, 2.05) is 30.3 Å². The number of aromatic nitrogens is 2. The maximum atomic E-state index is 10.0. The standard InChI is InChI=1S/C9H8O2.2C6H5NO2.Cr/c10-9(11)7-6-8-4-2-1-3-5-8;2*8-6(9)5-2-1-3-7-4-5;/h1-7H,(H,10,11);2*1-4H,(H,8,9);/q;;;+3/p-3. The monoisotopic (exact) mass is 443 g/mol. The van der Waals surface area contributed by atoms with E-state index in [0.29, 0.717) is 0 Å². The Morgan fingerprint density at radius 1 is 0.700 bits per heavy atom. The molecule has 0 aliphatic rings. The molecule has 0 atom stereocenters. The molecule has 9 heteroatoms. The SMILES string of the molecule is O=C([O-])C=Cc1ccccc1.O=C([O-])c1cccnc1.O=C([O-])c1cccnc1.[Cr+3]. The van der Waals surface area contributed by atoms with E-state index in [0.717, 1.165) is 11.6 Å². The molecule has 0 bridgehead atoms. The van der Waals surface area contributed by atoms with Gasteiger partial charge in [-0.15, -0.1) is 0 Å². The number of aromatic carboxylic acids is 2. The topological polar surface area (TPSA) is 146 Å². The minimum atomic E-state index is -1.19. The smallest absolute Gasteiger partial charge is 0.545 e. The third-order valence-electron chi connectivity index (χ3n) is 3.01. The summed E-state index contributed by atoms with van der Waals surface area (Å²) in [7, 11) is 0. The molecule has 2 aromatic heterocycles. The second kappa shape index (κ2) is 15.2. The summed E-state index contributed by atoms with van der Waals surface area (Å²) in [5.74, 6) is -3.56. The number of pyridine rings is 2. The molecule has 2 heterocycles. The number of nitrogens with zero attached hydrogens (tertiary/aromatic N) is 2. The van der Waals surface area contributed by atoms with Gasteiger partial charge in [0.2, 0.25) is 0 Å². The van der Waals surface area contributed by atoms with Gasteiger partial charge in [-0.25, -0.2) is 0 Å². The van der Waals surface area contributed by atoms with E-state index < -0.39 is 17.9 Å². The average Bonchev–Trinajstić information content (AvgIpc) is 2.75. The average molecular weight is 443 g/mol. The first-order valence-corrected chi connectivity index (χ1v) is 8.07. The van der Waals surface area contributed by atoms with E-state index >= 15 is 0 Å². The first-order valence-electron chi connectivity index (χ1n) is 8.07. The Labute approximate surface area is 183 Å². The van der Waals surface area contributed by atoms with Crippen LogP contribution in [0.3, 0.4) is 0 Å². The van der Waals surface area contributed by atoms with Crippen molar-refractivity contribution in [1.82, 2.24) is 9.97 Å². The molecule has 0 fully saturated rings. The van der Waals surface area contributed by atoms with E-state index in [1.54, 1.807) is 12.1 Å². The molecule has 1 aromatic carbocycles. The molecule has 0 saturated carbocycles. The van der Waals surface area contributed by atoms with Crippen molar-refractivity contribution in [2.75, 3.05) is 0 Å². The minimum Gasteiger partial charge on any atom is -0.545 e. The maximum Gasteiger partial charge on any atom is 3.00 e. The van der Waals surface area contributed by atoms with Gasteiger partial charge in [0, 0.05) is 35.9 Å². The Morgan fingerprint density at radius 3 is 1.47 bits per heavy atom. The van der Waals surface area contributed by atoms with Crippen LogP contribution in [-0.2, 0) is 22.2 Å². The number of rotatable bonds is 4. The van der Waals surface area contributed by atoms with E-state index in [-0.39, 0.29) is 28.5 Å². The summed E-state index contributed by atoms with van der Waals surface area (Å²) < 4.78 is 0. The minimum absolute atomic E-state index is 0. The Bertz CT molecular complexity index is 886. The fraction of sp³-hybridized carbons (Fsp3) is 0. The van der Waals surface area contributed by atoms with Gasteiger partial charge >= 0.3 is 17.4 Å². The van der Waals surface area contributed by atoms with Gasteiger partial charge in [0.05, 0.1) is 17.9 Å². The first kappa shape index (κ1) is 26.2. The van der Waals surface area contributed by atoms with Crippen molar-refractivity contribution in [3.63, 3.8) is 0 Å². The van der Waals surface area contributed by atoms with Crippen LogP contribution in [0.2, 0.25) is 0 Å². The molecule has 151 valence electrons. The van der Waals surface area contributed by atoms with Crippen molar-refractivity contribution < 1.29 is 47.1 Å². The number of hydrogen-bond donors (Lipinski definition) is 0. The second-order valence-electron chi connectivity index (χ2n) is 5.12. The predicted octanol–water partition coefficient (Wildman–Crippen LogP) is -0.663. The van der Waals surface area contributed by atoms with Crippen molar-refractivity contribution >= 4 is 24.0 Å². The van der Waals surface area contributed by atoms with E-state index in [1.165, 1.54) is 43.0 Å². The molecule has 0 aliphatic heterocycles. The number of carboxylic acids is 3. The molecule has 1 radical (unpaired) electrons. The first-order chi connectivity index (χ1) is 13.9. The number of hydrogen-bond acceptors (Lipinski definition) is 8. The van der Waals surface area contributed by atoms with Gasteiger partial charge in [0.25, 0.3) is 0 Å². The van der Waals surface area contributed by atoms with Gasteiger partial charge in [-0.05, 0) is 23.8 Å². The van der Waals surface area contributed by atoms with Gasteiger partial charge in [0.15, 0.2) is 0 Å². The van der Waals surface area contributed by atoms with Crippen LogP contribution in [0.5, 0.6) is 0 Å². The second-order valence-corrected chi connectivity index (χ2v) is 5.12. The van der Waals surface area contributed by atoms with E-state index in [9.17, 15) is 29.7 Å². The van der Waals surface area contributed by atoms with E-state index in [2.05, 4.69) is 9.97 Å². The van der Waals surface area contributed by atoms with Gasteiger partial charge in [-0.1, -0.05) is 48.5 Å². The van der Waals surface area contributed by atoms with Gasteiger partial charge in [-0.3, -0.25) is 9.97 Å². The molecule has 3 aromatic rings. The Morgan fingerprint density at radius 2 is 1.17 bits per heavy atom. The third kappa shape index (κ3) is 11.8. The Kier molecular flexibility index (Phi) is 13.2. The molecule has 0 N–H and O–H groups in total. The number of benzene rings is 1.